The predicted octanol–water partition coefficient (Wildman–Crippen LogP) is 1.52. The highest BCUT2D eigenvalue weighted by molar-refractivity contribution is 14.0. The van der Waals surface area contributed by atoms with Gasteiger partial charge in [0.1, 0.15) is 0 Å². The largest absolute Gasteiger partial charge is 0.356 e. The van der Waals surface area contributed by atoms with Crippen LogP contribution in [-0.4, -0.2) is 50.6 Å². The van der Waals surface area contributed by atoms with Crippen molar-refractivity contribution in [3.63, 3.8) is 0 Å². The first-order chi connectivity index (χ1) is 8.76. The number of nitrogens with one attached hydrogen (secondary N) is 2. The molecular weight excluding hydrogens is 351 g/mol. The van der Waals surface area contributed by atoms with Crippen molar-refractivity contribution in [2.24, 2.45) is 10.9 Å². The molecule has 4 nitrogen and oxygen atoms in total. The number of piperidine rings is 1. The second kappa shape index (κ2) is 11.4. The molecular formula is C14H27IN4. The van der Waals surface area contributed by atoms with Crippen molar-refractivity contribution < 1.29 is 0 Å². The first-order valence-electron chi connectivity index (χ1n) is 6.86. The Morgan fingerprint density at radius 3 is 2.63 bits per heavy atom. The van der Waals surface area contributed by atoms with Crippen LogP contribution in [0, 0.1) is 18.3 Å². The average Bonchev–Trinajstić information content (AvgIpc) is 2.40. The molecule has 1 rings (SSSR count). The number of halogens is 1. The average molecular weight is 378 g/mol. The molecule has 1 saturated heterocycles. The Bertz CT molecular complexity index is 290. The van der Waals surface area contributed by atoms with E-state index >= 15 is 0 Å². The molecule has 0 unspecified atom stereocenters. The van der Waals surface area contributed by atoms with Crippen LogP contribution >= 0.6 is 24.0 Å². The Labute approximate surface area is 134 Å². The fourth-order valence-electron chi connectivity index (χ4n) is 2.15. The number of hydrogen-bond acceptors (Lipinski definition) is 2. The first-order valence-corrected chi connectivity index (χ1v) is 6.86. The van der Waals surface area contributed by atoms with Crippen molar-refractivity contribution in [3.8, 4) is 12.3 Å². The van der Waals surface area contributed by atoms with Gasteiger partial charge in [-0.05, 0) is 44.8 Å². The minimum Gasteiger partial charge on any atom is -0.356 e. The fourth-order valence-corrected chi connectivity index (χ4v) is 2.15. The lowest BCUT2D eigenvalue weighted by Crippen LogP contribution is -2.39. The summed E-state index contributed by atoms with van der Waals surface area (Å²) >= 11 is 0. The minimum atomic E-state index is 0. The van der Waals surface area contributed by atoms with Crippen LogP contribution in [0.3, 0.4) is 0 Å². The number of rotatable bonds is 5. The smallest absolute Gasteiger partial charge is 0.191 e. The Morgan fingerprint density at radius 1 is 1.37 bits per heavy atom. The van der Waals surface area contributed by atoms with Crippen molar-refractivity contribution >= 4 is 29.9 Å². The summed E-state index contributed by atoms with van der Waals surface area (Å²) in [6, 6.07) is 0. The molecule has 0 saturated carbocycles. The van der Waals surface area contributed by atoms with Crippen LogP contribution in [0.25, 0.3) is 0 Å². The molecule has 0 aromatic carbocycles. The van der Waals surface area contributed by atoms with E-state index < -0.39 is 0 Å². The summed E-state index contributed by atoms with van der Waals surface area (Å²) in [5.74, 6) is 4.24. The molecule has 0 aromatic heterocycles. The molecule has 1 aliphatic heterocycles. The van der Waals surface area contributed by atoms with Crippen LogP contribution < -0.4 is 10.6 Å². The first kappa shape index (κ1) is 18.5. The van der Waals surface area contributed by atoms with Crippen molar-refractivity contribution in [1.82, 2.24) is 15.5 Å². The van der Waals surface area contributed by atoms with Gasteiger partial charge in [0.25, 0.3) is 0 Å². The van der Waals surface area contributed by atoms with Crippen molar-refractivity contribution in [2.45, 2.75) is 26.2 Å². The summed E-state index contributed by atoms with van der Waals surface area (Å²) in [6.07, 6.45) is 9.03. The Balaban J connectivity index is 0.00000324. The highest BCUT2D eigenvalue weighted by Gasteiger charge is 2.14. The van der Waals surface area contributed by atoms with E-state index in [1.165, 1.54) is 32.5 Å². The zero-order valence-electron chi connectivity index (χ0n) is 12.1. The van der Waals surface area contributed by atoms with Crippen LogP contribution in [0.4, 0.5) is 0 Å². The van der Waals surface area contributed by atoms with Crippen LogP contribution in [0.2, 0.25) is 0 Å². The Kier molecular flexibility index (Phi) is 11.1. The van der Waals surface area contributed by atoms with E-state index in [-0.39, 0.29) is 24.0 Å². The monoisotopic (exact) mass is 378 g/mol. The zero-order valence-corrected chi connectivity index (χ0v) is 14.4. The predicted molar refractivity (Wildman–Crippen MR) is 93.1 cm³/mol. The second-order valence-electron chi connectivity index (χ2n) is 4.93. The maximum Gasteiger partial charge on any atom is 0.191 e. The van der Waals surface area contributed by atoms with E-state index in [0.717, 1.165) is 24.8 Å². The second-order valence-corrected chi connectivity index (χ2v) is 4.93. The lowest BCUT2D eigenvalue weighted by molar-refractivity contribution is 0.191. The maximum absolute atomic E-state index is 5.19. The van der Waals surface area contributed by atoms with Gasteiger partial charge >= 0.3 is 0 Å². The van der Waals surface area contributed by atoms with Crippen LogP contribution in [0.15, 0.2) is 4.99 Å². The number of likely N-dealkylation sites (tertiary alicyclic amines) is 1. The molecule has 0 aromatic rings. The molecule has 1 heterocycles. The van der Waals surface area contributed by atoms with Crippen molar-refractivity contribution in [3.05, 3.63) is 0 Å². The zero-order chi connectivity index (χ0) is 13.2. The summed E-state index contributed by atoms with van der Waals surface area (Å²) in [5, 5.41) is 6.32. The topological polar surface area (TPSA) is 39.7 Å². The number of terminal acetylenes is 1. The Morgan fingerprint density at radius 2 is 2.05 bits per heavy atom. The van der Waals surface area contributed by atoms with Crippen LogP contribution in [-0.2, 0) is 0 Å². The lowest BCUT2D eigenvalue weighted by atomic mass is 9.99. The number of aliphatic imine (C=N–C) groups is 1. The third kappa shape index (κ3) is 8.32. The maximum atomic E-state index is 5.19. The van der Waals surface area contributed by atoms with Gasteiger partial charge in [0.05, 0.1) is 6.54 Å². The minimum absolute atomic E-state index is 0. The van der Waals surface area contributed by atoms with E-state index in [2.05, 4.69) is 33.4 Å². The van der Waals surface area contributed by atoms with Gasteiger partial charge in [-0.25, -0.2) is 0 Å². The molecule has 0 radical (unpaired) electrons. The molecule has 0 atom stereocenters. The molecule has 0 spiro atoms. The summed E-state index contributed by atoms with van der Waals surface area (Å²) in [6.45, 7) is 7.49. The molecule has 1 aliphatic rings. The van der Waals surface area contributed by atoms with Gasteiger partial charge < -0.3 is 15.5 Å². The quantitative estimate of drug-likeness (QED) is 0.251. The Hall–Kier alpha value is -0.480. The molecule has 1 fully saturated rings. The summed E-state index contributed by atoms with van der Waals surface area (Å²) < 4.78 is 0. The van der Waals surface area contributed by atoms with Gasteiger partial charge in [-0.1, -0.05) is 12.8 Å². The number of nitrogens with zero attached hydrogens (tertiary/aromatic N) is 2. The third-order valence-electron chi connectivity index (χ3n) is 3.40. The van der Waals surface area contributed by atoms with Crippen molar-refractivity contribution in [1.29, 1.82) is 0 Å². The van der Waals surface area contributed by atoms with E-state index in [1.807, 2.05) is 0 Å². The molecule has 0 amide bonds. The van der Waals surface area contributed by atoms with E-state index in [0.29, 0.717) is 6.54 Å². The number of guanidine groups is 1. The summed E-state index contributed by atoms with van der Waals surface area (Å²) in [5.41, 5.74) is 0. The fraction of sp³-hybridized carbons (Fsp3) is 0.786. The van der Waals surface area contributed by atoms with E-state index in [9.17, 15) is 0 Å². The molecule has 2 N–H and O–H groups in total. The van der Waals surface area contributed by atoms with Gasteiger partial charge in [-0.2, -0.15) is 0 Å². The molecule has 0 aliphatic carbocycles. The summed E-state index contributed by atoms with van der Waals surface area (Å²) in [7, 11) is 1.76. The molecule has 110 valence electrons. The molecule has 0 bridgehead atoms. The van der Waals surface area contributed by atoms with E-state index in [4.69, 9.17) is 6.42 Å². The molecule has 19 heavy (non-hydrogen) atoms. The SMILES string of the molecule is C#CCNC(=NC)NCCCN1CCC(C)CC1.I. The lowest BCUT2D eigenvalue weighted by Gasteiger charge is -2.30. The molecule has 5 heteroatoms. The number of hydrogen-bond donors (Lipinski definition) is 2. The van der Waals surface area contributed by atoms with E-state index in [1.54, 1.807) is 7.05 Å². The summed E-state index contributed by atoms with van der Waals surface area (Å²) in [4.78, 5) is 6.66. The van der Waals surface area contributed by atoms with Gasteiger partial charge in [0, 0.05) is 13.6 Å². The third-order valence-corrected chi connectivity index (χ3v) is 3.40. The highest BCUT2D eigenvalue weighted by Crippen LogP contribution is 2.15. The van der Waals surface area contributed by atoms with Crippen LogP contribution in [0.5, 0.6) is 0 Å². The standard InChI is InChI=1S/C14H26N4.HI/c1-4-8-16-14(15-3)17-9-5-10-18-11-6-13(2)7-12-18;/h1,13H,5-12H2,2-3H3,(H2,15,16,17);1H. The van der Waals surface area contributed by atoms with Crippen LogP contribution in [0.1, 0.15) is 26.2 Å². The van der Waals surface area contributed by atoms with Gasteiger partial charge in [-0.3, -0.25) is 4.99 Å². The highest BCUT2D eigenvalue weighted by atomic mass is 127. The van der Waals surface area contributed by atoms with Crippen molar-refractivity contribution in [2.75, 3.05) is 39.8 Å². The van der Waals surface area contributed by atoms with Gasteiger partial charge in [0.2, 0.25) is 0 Å². The van der Waals surface area contributed by atoms with Gasteiger partial charge in [0.15, 0.2) is 5.96 Å². The normalized spacial score (nSPS) is 17.4. The van der Waals surface area contributed by atoms with Gasteiger partial charge in [-0.15, -0.1) is 30.4 Å².